The zero-order chi connectivity index (χ0) is 15.9. The van der Waals surface area contributed by atoms with Crippen molar-refractivity contribution >= 4 is 23.1 Å². The monoisotopic (exact) mass is 317 g/mol. The van der Waals surface area contributed by atoms with Crippen LogP contribution in [0.1, 0.15) is 36.0 Å². The molecule has 0 bridgehead atoms. The fourth-order valence-electron chi connectivity index (χ4n) is 2.57. The molecule has 1 aliphatic rings. The molecule has 1 atom stereocenters. The molecular formula is C16H23N5S. The molecule has 0 aliphatic heterocycles. The van der Waals surface area contributed by atoms with E-state index in [4.69, 9.17) is 0 Å². The summed E-state index contributed by atoms with van der Waals surface area (Å²) in [5.74, 6) is 2.31. The summed E-state index contributed by atoms with van der Waals surface area (Å²) in [6.45, 7) is 8.37. The molecule has 1 aliphatic carbocycles. The van der Waals surface area contributed by atoms with Gasteiger partial charge < -0.3 is 10.6 Å². The first-order valence-corrected chi connectivity index (χ1v) is 8.58. The Labute approximate surface area is 135 Å². The molecule has 0 spiro atoms. The zero-order valence-electron chi connectivity index (χ0n) is 13.8. The van der Waals surface area contributed by atoms with Crippen molar-refractivity contribution in [2.75, 3.05) is 17.7 Å². The van der Waals surface area contributed by atoms with Crippen LogP contribution >= 0.6 is 11.3 Å². The average molecular weight is 317 g/mol. The van der Waals surface area contributed by atoms with Crippen LogP contribution in [0.3, 0.4) is 0 Å². The van der Waals surface area contributed by atoms with Crippen molar-refractivity contribution in [3.05, 3.63) is 16.3 Å². The maximum Gasteiger partial charge on any atom is 0.225 e. The zero-order valence-corrected chi connectivity index (χ0v) is 14.6. The van der Waals surface area contributed by atoms with Gasteiger partial charge in [-0.3, -0.25) is 0 Å². The van der Waals surface area contributed by atoms with Gasteiger partial charge in [0.2, 0.25) is 5.95 Å². The number of anilines is 2. The first kappa shape index (κ1) is 15.2. The summed E-state index contributed by atoms with van der Waals surface area (Å²) in [4.78, 5) is 15.2. The van der Waals surface area contributed by atoms with Crippen molar-refractivity contribution in [3.8, 4) is 10.6 Å². The summed E-state index contributed by atoms with van der Waals surface area (Å²) in [7, 11) is 1.90. The highest BCUT2D eigenvalue weighted by atomic mass is 32.1. The average Bonchev–Trinajstić information content (AvgIpc) is 3.25. The maximum atomic E-state index is 4.66. The van der Waals surface area contributed by atoms with Crippen LogP contribution in [0.25, 0.3) is 10.6 Å². The molecule has 0 amide bonds. The molecular weight excluding hydrogens is 294 g/mol. The maximum absolute atomic E-state index is 4.66. The molecule has 0 saturated heterocycles. The van der Waals surface area contributed by atoms with Gasteiger partial charge in [-0.05, 0) is 46.5 Å². The lowest BCUT2D eigenvalue weighted by molar-refractivity contribution is 0.686. The van der Waals surface area contributed by atoms with Gasteiger partial charge in [-0.15, -0.1) is 11.3 Å². The fourth-order valence-corrected chi connectivity index (χ4v) is 3.58. The number of nitrogens with one attached hydrogen (secondary N) is 2. The van der Waals surface area contributed by atoms with Crippen LogP contribution in [-0.4, -0.2) is 28.0 Å². The van der Waals surface area contributed by atoms with E-state index in [1.54, 1.807) is 11.3 Å². The van der Waals surface area contributed by atoms with Crippen LogP contribution in [0, 0.1) is 26.7 Å². The summed E-state index contributed by atoms with van der Waals surface area (Å²) in [5.41, 5.74) is 3.04. The number of rotatable bonds is 5. The molecule has 5 nitrogen and oxygen atoms in total. The van der Waals surface area contributed by atoms with Crippen LogP contribution in [0.4, 0.5) is 11.8 Å². The van der Waals surface area contributed by atoms with E-state index in [0.717, 1.165) is 33.7 Å². The first-order valence-electron chi connectivity index (χ1n) is 7.77. The van der Waals surface area contributed by atoms with E-state index in [-0.39, 0.29) is 0 Å². The number of hydrogen-bond donors (Lipinski definition) is 2. The molecule has 0 unspecified atom stereocenters. The summed E-state index contributed by atoms with van der Waals surface area (Å²) in [6, 6.07) is 0.430. The highest BCUT2D eigenvalue weighted by Crippen LogP contribution is 2.36. The number of aromatic nitrogens is 3. The molecule has 118 valence electrons. The second kappa shape index (κ2) is 5.83. The smallest absolute Gasteiger partial charge is 0.225 e. The third-order valence-corrected chi connectivity index (χ3v) is 5.35. The largest absolute Gasteiger partial charge is 0.372 e. The molecule has 2 aromatic heterocycles. The fraction of sp³-hybridized carbons (Fsp3) is 0.562. The lowest BCUT2D eigenvalue weighted by Gasteiger charge is -2.16. The van der Waals surface area contributed by atoms with E-state index in [9.17, 15) is 0 Å². The quantitative estimate of drug-likeness (QED) is 0.879. The predicted molar refractivity (Wildman–Crippen MR) is 92.7 cm³/mol. The van der Waals surface area contributed by atoms with Crippen LogP contribution < -0.4 is 10.6 Å². The molecule has 3 rings (SSSR count). The molecule has 2 aromatic rings. The minimum atomic E-state index is 0.430. The Kier molecular flexibility index (Phi) is 4.04. The van der Waals surface area contributed by atoms with Gasteiger partial charge in [-0.2, -0.15) is 4.98 Å². The summed E-state index contributed by atoms with van der Waals surface area (Å²) < 4.78 is 0. The highest BCUT2D eigenvalue weighted by Gasteiger charge is 2.28. The number of nitrogens with zero attached hydrogens (tertiary/aromatic N) is 3. The van der Waals surface area contributed by atoms with E-state index in [1.165, 1.54) is 17.7 Å². The molecule has 2 heterocycles. The second-order valence-electron chi connectivity index (χ2n) is 6.04. The number of hydrogen-bond acceptors (Lipinski definition) is 6. The molecule has 1 fully saturated rings. The van der Waals surface area contributed by atoms with Gasteiger partial charge >= 0.3 is 0 Å². The Hall–Kier alpha value is -1.69. The van der Waals surface area contributed by atoms with Gasteiger partial charge in [-0.25, -0.2) is 9.97 Å². The van der Waals surface area contributed by atoms with E-state index < -0.39 is 0 Å². The van der Waals surface area contributed by atoms with Crippen molar-refractivity contribution in [2.24, 2.45) is 5.92 Å². The van der Waals surface area contributed by atoms with Crippen LogP contribution in [0.2, 0.25) is 0 Å². The lowest BCUT2D eigenvalue weighted by Crippen LogP contribution is -2.20. The second-order valence-corrected chi connectivity index (χ2v) is 7.24. The van der Waals surface area contributed by atoms with Crippen molar-refractivity contribution in [1.82, 2.24) is 15.0 Å². The minimum absolute atomic E-state index is 0.430. The normalized spacial score (nSPS) is 15.7. The van der Waals surface area contributed by atoms with Gasteiger partial charge in [0, 0.05) is 18.0 Å². The Bertz CT molecular complexity index is 671. The summed E-state index contributed by atoms with van der Waals surface area (Å²) >= 11 is 1.69. The van der Waals surface area contributed by atoms with E-state index in [1.807, 2.05) is 20.9 Å². The number of aryl methyl sites for hydroxylation is 3. The molecule has 6 heteroatoms. The van der Waals surface area contributed by atoms with Crippen LogP contribution in [0.15, 0.2) is 0 Å². The molecule has 1 saturated carbocycles. The van der Waals surface area contributed by atoms with Gasteiger partial charge in [0.05, 0.1) is 17.0 Å². The van der Waals surface area contributed by atoms with E-state index >= 15 is 0 Å². The van der Waals surface area contributed by atoms with Crippen LogP contribution in [0.5, 0.6) is 0 Å². The SMILES string of the molecule is CNc1nc(N[C@H](C)C2CC2)nc(C)c1-c1nc(C)c(C)s1. The first-order chi connectivity index (χ1) is 10.5. The Morgan fingerprint density at radius 2 is 1.82 bits per heavy atom. The summed E-state index contributed by atoms with van der Waals surface area (Å²) in [6.07, 6.45) is 2.61. The third-order valence-electron chi connectivity index (χ3n) is 4.26. The molecule has 22 heavy (non-hydrogen) atoms. The highest BCUT2D eigenvalue weighted by molar-refractivity contribution is 7.15. The van der Waals surface area contributed by atoms with E-state index in [2.05, 4.69) is 39.4 Å². The van der Waals surface area contributed by atoms with Gasteiger partial charge in [0.1, 0.15) is 10.8 Å². The van der Waals surface area contributed by atoms with Gasteiger partial charge in [-0.1, -0.05) is 0 Å². The van der Waals surface area contributed by atoms with Crippen molar-refractivity contribution < 1.29 is 0 Å². The predicted octanol–water partition coefficient (Wildman–Crippen LogP) is 3.78. The Morgan fingerprint density at radius 1 is 1.09 bits per heavy atom. The van der Waals surface area contributed by atoms with Gasteiger partial charge in [0.25, 0.3) is 0 Å². The Balaban J connectivity index is 1.96. The standard InChI is InChI=1S/C16H23N5S/c1-8-11(4)22-15(18-8)13-10(3)20-16(21-14(13)17-5)19-9(2)12-6-7-12/h9,12H,6-7H2,1-5H3,(H2,17,19,20,21)/t9-/m1/s1. The summed E-state index contributed by atoms with van der Waals surface area (Å²) in [5, 5.41) is 7.62. The molecule has 0 aromatic carbocycles. The third kappa shape index (κ3) is 2.92. The lowest BCUT2D eigenvalue weighted by atomic mass is 10.2. The minimum Gasteiger partial charge on any atom is -0.372 e. The van der Waals surface area contributed by atoms with Gasteiger partial charge in [0.15, 0.2) is 0 Å². The Morgan fingerprint density at radius 3 is 2.36 bits per heavy atom. The molecule has 0 radical (unpaired) electrons. The number of thiazole rings is 1. The topological polar surface area (TPSA) is 62.7 Å². The van der Waals surface area contributed by atoms with Crippen molar-refractivity contribution in [2.45, 2.75) is 46.6 Å². The van der Waals surface area contributed by atoms with Crippen molar-refractivity contribution in [1.29, 1.82) is 0 Å². The van der Waals surface area contributed by atoms with E-state index in [0.29, 0.717) is 12.0 Å². The van der Waals surface area contributed by atoms with Crippen LogP contribution in [-0.2, 0) is 0 Å². The van der Waals surface area contributed by atoms with Crippen molar-refractivity contribution in [3.63, 3.8) is 0 Å². The molecule has 2 N–H and O–H groups in total.